The van der Waals surface area contributed by atoms with Crippen molar-refractivity contribution < 1.29 is 4.74 Å². The smallest absolute Gasteiger partial charge is 0.113 e. The quantitative estimate of drug-likeness (QED) is 0.666. The summed E-state index contributed by atoms with van der Waals surface area (Å²) in [6, 6.07) is 6.57. The van der Waals surface area contributed by atoms with Crippen LogP contribution in [0.4, 0.5) is 0 Å². The number of benzene rings is 1. The van der Waals surface area contributed by atoms with Gasteiger partial charge in [-0.15, -0.1) is 0 Å². The van der Waals surface area contributed by atoms with Crippen LogP contribution < -0.4 is 0 Å². The summed E-state index contributed by atoms with van der Waals surface area (Å²) in [7, 11) is 0. The predicted octanol–water partition coefficient (Wildman–Crippen LogP) is 4.31. The van der Waals surface area contributed by atoms with Crippen molar-refractivity contribution in [1.29, 1.82) is 0 Å². The Kier molecular flexibility index (Phi) is 4.03. The molecule has 0 saturated carbocycles. The third-order valence-corrected chi connectivity index (χ3v) is 3.18. The zero-order valence-corrected chi connectivity index (χ0v) is 10.0. The van der Waals surface area contributed by atoms with Crippen molar-refractivity contribution in [3.63, 3.8) is 0 Å². The van der Waals surface area contributed by atoms with Gasteiger partial charge in [0.05, 0.1) is 6.26 Å². The summed E-state index contributed by atoms with van der Waals surface area (Å²) in [5, 5.41) is 0. The molecule has 1 aliphatic rings. The Morgan fingerprint density at radius 3 is 3.00 bits per heavy atom. The molecule has 86 valence electrons. The van der Waals surface area contributed by atoms with Gasteiger partial charge >= 0.3 is 0 Å². The van der Waals surface area contributed by atoms with Gasteiger partial charge in [-0.1, -0.05) is 44.4 Å². The van der Waals surface area contributed by atoms with Crippen LogP contribution in [0.15, 0.2) is 24.5 Å². The molecule has 0 N–H and O–H groups in total. The van der Waals surface area contributed by atoms with E-state index < -0.39 is 0 Å². The second-order valence-electron chi connectivity index (χ2n) is 4.41. The lowest BCUT2D eigenvalue weighted by molar-refractivity contribution is 0.233. The monoisotopic (exact) mass is 216 g/mol. The van der Waals surface area contributed by atoms with Gasteiger partial charge in [-0.25, -0.2) is 0 Å². The first-order valence-electron chi connectivity index (χ1n) is 6.30. The molecular formula is C15H20O. The molecule has 0 atom stereocenters. The summed E-state index contributed by atoms with van der Waals surface area (Å²) in [4.78, 5) is 0. The first-order chi connectivity index (χ1) is 7.92. The number of hydrogen-bond acceptors (Lipinski definition) is 1. The number of hydrogen-bond donors (Lipinski definition) is 0. The highest BCUT2D eigenvalue weighted by Crippen LogP contribution is 2.23. The molecule has 0 radical (unpaired) electrons. The molecule has 1 heterocycles. The van der Waals surface area contributed by atoms with E-state index in [2.05, 4.69) is 31.2 Å². The third kappa shape index (κ3) is 2.66. The van der Waals surface area contributed by atoms with E-state index in [4.69, 9.17) is 4.74 Å². The molecule has 0 bridgehead atoms. The van der Waals surface area contributed by atoms with Crippen molar-refractivity contribution in [2.75, 3.05) is 0 Å². The summed E-state index contributed by atoms with van der Waals surface area (Å²) in [5.41, 5.74) is 4.19. The van der Waals surface area contributed by atoms with Crippen LogP contribution in [0.3, 0.4) is 0 Å². The summed E-state index contributed by atoms with van der Waals surface area (Å²) in [6.07, 6.45) is 10.4. The highest BCUT2D eigenvalue weighted by atomic mass is 16.5. The maximum absolute atomic E-state index is 5.38. The van der Waals surface area contributed by atoms with Gasteiger partial charge in [0.15, 0.2) is 0 Å². The molecular weight excluding hydrogens is 196 g/mol. The molecule has 1 aromatic rings. The van der Waals surface area contributed by atoms with E-state index in [0.29, 0.717) is 0 Å². The first-order valence-corrected chi connectivity index (χ1v) is 6.30. The van der Waals surface area contributed by atoms with Crippen molar-refractivity contribution in [2.45, 2.75) is 45.6 Å². The number of fused-ring (bicyclic) bond motifs is 1. The van der Waals surface area contributed by atoms with Gasteiger partial charge in [0, 0.05) is 0 Å². The molecule has 16 heavy (non-hydrogen) atoms. The predicted molar refractivity (Wildman–Crippen MR) is 68.1 cm³/mol. The molecule has 1 aliphatic heterocycles. The molecule has 0 aliphatic carbocycles. The van der Waals surface area contributed by atoms with E-state index >= 15 is 0 Å². The molecule has 0 amide bonds. The lowest BCUT2D eigenvalue weighted by atomic mass is 9.96. The fourth-order valence-corrected chi connectivity index (χ4v) is 2.22. The highest BCUT2D eigenvalue weighted by Gasteiger charge is 2.09. The fraction of sp³-hybridized carbons (Fsp3) is 0.467. The largest absolute Gasteiger partial charge is 0.496 e. The van der Waals surface area contributed by atoms with E-state index in [1.165, 1.54) is 48.8 Å². The maximum atomic E-state index is 5.38. The van der Waals surface area contributed by atoms with Crippen LogP contribution in [-0.4, -0.2) is 0 Å². The SMILES string of the molecule is CCCCCCc1cccc2c1COC=C2. The molecule has 0 unspecified atom stereocenters. The topological polar surface area (TPSA) is 9.23 Å². The lowest BCUT2D eigenvalue weighted by Crippen LogP contribution is -2.02. The Morgan fingerprint density at radius 1 is 1.19 bits per heavy atom. The van der Waals surface area contributed by atoms with Crippen molar-refractivity contribution in [2.24, 2.45) is 0 Å². The van der Waals surface area contributed by atoms with Gasteiger partial charge in [-0.05, 0) is 35.6 Å². The minimum absolute atomic E-state index is 0.746. The van der Waals surface area contributed by atoms with E-state index in [-0.39, 0.29) is 0 Å². The zero-order chi connectivity index (χ0) is 11.2. The standard InChI is InChI=1S/C15H20O/c1-2-3-4-5-7-13-8-6-9-14-10-11-16-12-15(13)14/h6,8-11H,2-5,7,12H2,1H3. The summed E-state index contributed by atoms with van der Waals surface area (Å²) < 4.78 is 5.38. The van der Waals surface area contributed by atoms with Crippen LogP contribution in [0.1, 0.15) is 49.3 Å². The fourth-order valence-electron chi connectivity index (χ4n) is 2.22. The van der Waals surface area contributed by atoms with Crippen LogP contribution in [0.5, 0.6) is 0 Å². The first kappa shape index (κ1) is 11.3. The van der Waals surface area contributed by atoms with Crippen molar-refractivity contribution >= 4 is 6.08 Å². The molecule has 0 spiro atoms. The van der Waals surface area contributed by atoms with Crippen LogP contribution in [0.25, 0.3) is 6.08 Å². The molecule has 1 heteroatoms. The van der Waals surface area contributed by atoms with Gasteiger partial charge in [-0.2, -0.15) is 0 Å². The summed E-state index contributed by atoms with van der Waals surface area (Å²) in [6.45, 7) is 3.00. The molecule has 1 nitrogen and oxygen atoms in total. The van der Waals surface area contributed by atoms with Gasteiger partial charge in [0.25, 0.3) is 0 Å². The minimum atomic E-state index is 0.746. The minimum Gasteiger partial charge on any atom is -0.496 e. The van der Waals surface area contributed by atoms with Crippen LogP contribution in [-0.2, 0) is 17.8 Å². The average molecular weight is 216 g/mol. The summed E-state index contributed by atoms with van der Waals surface area (Å²) in [5.74, 6) is 0. The van der Waals surface area contributed by atoms with E-state index in [1.807, 2.05) is 0 Å². The van der Waals surface area contributed by atoms with Crippen molar-refractivity contribution in [3.05, 3.63) is 41.2 Å². The Morgan fingerprint density at radius 2 is 2.12 bits per heavy atom. The Hall–Kier alpha value is -1.24. The molecule has 1 aromatic carbocycles. The Balaban J connectivity index is 2.01. The van der Waals surface area contributed by atoms with Crippen molar-refractivity contribution in [1.82, 2.24) is 0 Å². The molecule has 2 rings (SSSR count). The second-order valence-corrected chi connectivity index (χ2v) is 4.41. The van der Waals surface area contributed by atoms with Crippen LogP contribution in [0, 0.1) is 0 Å². The average Bonchev–Trinajstić information content (AvgIpc) is 2.35. The second kappa shape index (κ2) is 5.74. The normalized spacial score (nSPS) is 13.3. The van der Waals surface area contributed by atoms with Gasteiger partial charge in [0.1, 0.15) is 6.61 Å². The number of unbranched alkanes of at least 4 members (excludes halogenated alkanes) is 3. The van der Waals surface area contributed by atoms with Crippen LogP contribution >= 0.6 is 0 Å². The Labute approximate surface area is 98.1 Å². The van der Waals surface area contributed by atoms with E-state index in [1.54, 1.807) is 6.26 Å². The van der Waals surface area contributed by atoms with E-state index in [9.17, 15) is 0 Å². The summed E-state index contributed by atoms with van der Waals surface area (Å²) >= 11 is 0. The lowest BCUT2D eigenvalue weighted by Gasteiger charge is -2.16. The van der Waals surface area contributed by atoms with Crippen molar-refractivity contribution in [3.8, 4) is 0 Å². The van der Waals surface area contributed by atoms with Gasteiger partial charge in [0.2, 0.25) is 0 Å². The zero-order valence-electron chi connectivity index (χ0n) is 10.0. The number of rotatable bonds is 5. The highest BCUT2D eigenvalue weighted by molar-refractivity contribution is 5.56. The van der Waals surface area contributed by atoms with Crippen LogP contribution in [0.2, 0.25) is 0 Å². The number of aryl methyl sites for hydroxylation is 1. The molecule has 0 fully saturated rings. The molecule has 0 saturated heterocycles. The third-order valence-electron chi connectivity index (χ3n) is 3.18. The van der Waals surface area contributed by atoms with Gasteiger partial charge < -0.3 is 4.74 Å². The van der Waals surface area contributed by atoms with Gasteiger partial charge in [-0.3, -0.25) is 0 Å². The molecule has 0 aromatic heterocycles. The van der Waals surface area contributed by atoms with E-state index in [0.717, 1.165) is 6.61 Å². The maximum Gasteiger partial charge on any atom is 0.113 e. The Bertz CT molecular complexity index is 366. The number of ether oxygens (including phenoxy) is 1.